The van der Waals surface area contributed by atoms with Crippen LogP contribution in [0.2, 0.25) is 0 Å². The highest BCUT2D eigenvalue weighted by molar-refractivity contribution is 5.94. The van der Waals surface area contributed by atoms with Crippen molar-refractivity contribution in [1.29, 1.82) is 0 Å². The van der Waals surface area contributed by atoms with E-state index in [9.17, 15) is 4.79 Å². The summed E-state index contributed by atoms with van der Waals surface area (Å²) in [4.78, 5) is 16.4. The third-order valence-corrected chi connectivity index (χ3v) is 6.87. The molecule has 1 saturated carbocycles. The van der Waals surface area contributed by atoms with Gasteiger partial charge in [0.15, 0.2) is 0 Å². The predicted molar refractivity (Wildman–Crippen MR) is 124 cm³/mol. The summed E-state index contributed by atoms with van der Waals surface area (Å²) in [5.41, 5.74) is 2.46. The number of benzene rings is 2. The third-order valence-electron chi connectivity index (χ3n) is 6.87. The first kappa shape index (κ1) is 20.5. The van der Waals surface area contributed by atoms with E-state index in [0.29, 0.717) is 25.0 Å². The molecule has 2 heterocycles. The first-order chi connectivity index (χ1) is 15.3. The second kappa shape index (κ2) is 9.41. The lowest BCUT2D eigenvalue weighted by Crippen LogP contribution is -2.52. The number of rotatable bonds is 9. The number of piperidine rings is 1. The van der Waals surface area contributed by atoms with Gasteiger partial charge in [0.2, 0.25) is 5.91 Å². The minimum Gasteiger partial charge on any atom is -0.492 e. The first-order valence-corrected chi connectivity index (χ1v) is 11.8. The number of ether oxygens (including phenoxy) is 1. The second-order valence-electron chi connectivity index (χ2n) is 9.24. The minimum absolute atomic E-state index is 0.235. The Labute approximate surface area is 185 Å². The predicted octanol–water partition coefficient (Wildman–Crippen LogP) is 3.66. The van der Waals surface area contributed by atoms with E-state index in [4.69, 9.17) is 4.74 Å². The Kier molecular flexibility index (Phi) is 6.23. The van der Waals surface area contributed by atoms with Crippen LogP contribution in [-0.4, -0.2) is 56.2 Å². The number of hydrogen-bond donors (Lipinski definition) is 1. The maximum atomic E-state index is 12.0. The number of carbonyl (C=O) groups excluding carboxylic acids is 1. The molecular weight excluding hydrogens is 386 g/mol. The molecule has 0 aromatic heterocycles. The number of nitrogens with zero attached hydrogens (tertiary/aromatic N) is 2. The lowest BCUT2D eigenvalue weighted by Gasteiger charge is -2.39. The van der Waals surface area contributed by atoms with Crippen molar-refractivity contribution >= 4 is 11.6 Å². The number of nitrogens with one attached hydrogen (secondary N) is 1. The molecule has 164 valence electrons. The van der Waals surface area contributed by atoms with Gasteiger partial charge >= 0.3 is 0 Å². The fourth-order valence-corrected chi connectivity index (χ4v) is 4.89. The largest absolute Gasteiger partial charge is 0.492 e. The maximum Gasteiger partial charge on any atom is 0.226 e. The minimum atomic E-state index is 0.235. The second-order valence-corrected chi connectivity index (χ2v) is 9.24. The normalized spacial score (nSPS) is 24.1. The van der Waals surface area contributed by atoms with Crippen molar-refractivity contribution in [2.75, 3.05) is 44.2 Å². The number of likely N-dealkylation sites (tertiary alicyclic amines) is 1. The molecule has 2 aromatic carbocycles. The Morgan fingerprint density at radius 2 is 1.81 bits per heavy atom. The molecule has 2 saturated heterocycles. The molecule has 1 amide bonds. The van der Waals surface area contributed by atoms with E-state index in [1.165, 1.54) is 12.0 Å². The molecule has 0 spiro atoms. The van der Waals surface area contributed by atoms with Crippen LogP contribution < -0.4 is 15.0 Å². The van der Waals surface area contributed by atoms with Crippen LogP contribution in [0.15, 0.2) is 54.6 Å². The SMILES string of the molecule is O=C1CCCCN1c1ccc(OCCN2CC(CN[C@@H]3C[C@H]3c3ccccc3)C2)cc1. The Morgan fingerprint density at radius 3 is 2.58 bits per heavy atom. The van der Waals surface area contributed by atoms with E-state index < -0.39 is 0 Å². The quantitative estimate of drug-likeness (QED) is 0.674. The van der Waals surface area contributed by atoms with E-state index >= 15 is 0 Å². The number of anilines is 1. The van der Waals surface area contributed by atoms with E-state index in [1.807, 2.05) is 29.2 Å². The third kappa shape index (κ3) is 5.10. The molecule has 5 rings (SSSR count). The smallest absolute Gasteiger partial charge is 0.226 e. The molecule has 3 fully saturated rings. The van der Waals surface area contributed by atoms with Crippen LogP contribution in [0, 0.1) is 5.92 Å². The molecule has 2 aromatic rings. The molecule has 2 aliphatic heterocycles. The topological polar surface area (TPSA) is 44.8 Å². The van der Waals surface area contributed by atoms with Crippen LogP contribution in [0.25, 0.3) is 0 Å². The zero-order chi connectivity index (χ0) is 21.0. The van der Waals surface area contributed by atoms with Gasteiger partial charge in [-0.15, -0.1) is 0 Å². The molecule has 0 bridgehead atoms. The highest BCUT2D eigenvalue weighted by atomic mass is 16.5. The van der Waals surface area contributed by atoms with Crippen LogP contribution >= 0.6 is 0 Å². The molecule has 1 N–H and O–H groups in total. The Bertz CT molecular complexity index is 864. The van der Waals surface area contributed by atoms with Crippen molar-refractivity contribution in [3.63, 3.8) is 0 Å². The van der Waals surface area contributed by atoms with Crippen molar-refractivity contribution in [3.8, 4) is 5.75 Å². The van der Waals surface area contributed by atoms with Gasteiger partial charge in [-0.2, -0.15) is 0 Å². The average Bonchev–Trinajstić information content (AvgIpc) is 3.56. The highest BCUT2D eigenvalue weighted by Gasteiger charge is 2.38. The van der Waals surface area contributed by atoms with Gasteiger partial charge < -0.3 is 15.0 Å². The molecular formula is C26H33N3O2. The molecule has 2 atom stereocenters. The van der Waals surface area contributed by atoms with E-state index in [0.717, 1.165) is 62.9 Å². The van der Waals surface area contributed by atoms with Gasteiger partial charge in [-0.1, -0.05) is 30.3 Å². The lowest BCUT2D eigenvalue weighted by molar-refractivity contribution is -0.119. The van der Waals surface area contributed by atoms with E-state index in [2.05, 4.69) is 40.5 Å². The first-order valence-electron chi connectivity index (χ1n) is 11.8. The Morgan fingerprint density at radius 1 is 1.00 bits per heavy atom. The van der Waals surface area contributed by atoms with Gasteiger partial charge in [0.05, 0.1) is 0 Å². The Hall–Kier alpha value is -2.37. The fourth-order valence-electron chi connectivity index (χ4n) is 4.89. The van der Waals surface area contributed by atoms with Gasteiger partial charge in [0, 0.05) is 56.8 Å². The molecule has 3 aliphatic rings. The monoisotopic (exact) mass is 419 g/mol. The summed E-state index contributed by atoms with van der Waals surface area (Å²) < 4.78 is 5.93. The number of amides is 1. The molecule has 5 heteroatoms. The summed E-state index contributed by atoms with van der Waals surface area (Å²) in [6, 6.07) is 19.5. The summed E-state index contributed by atoms with van der Waals surface area (Å²) in [5, 5.41) is 3.76. The van der Waals surface area contributed by atoms with Crippen LogP contribution in [0.4, 0.5) is 5.69 Å². The van der Waals surface area contributed by atoms with Crippen LogP contribution in [-0.2, 0) is 4.79 Å². The Balaban J connectivity index is 0.959. The van der Waals surface area contributed by atoms with E-state index in [1.54, 1.807) is 0 Å². The zero-order valence-electron chi connectivity index (χ0n) is 18.2. The molecule has 1 aliphatic carbocycles. The summed E-state index contributed by atoms with van der Waals surface area (Å²) in [6.45, 7) is 5.96. The van der Waals surface area contributed by atoms with Crippen molar-refractivity contribution in [3.05, 3.63) is 60.2 Å². The van der Waals surface area contributed by atoms with Gasteiger partial charge in [-0.05, 0) is 55.0 Å². The van der Waals surface area contributed by atoms with Gasteiger partial charge in [-0.25, -0.2) is 0 Å². The molecule has 5 nitrogen and oxygen atoms in total. The highest BCUT2D eigenvalue weighted by Crippen LogP contribution is 2.40. The maximum absolute atomic E-state index is 12.0. The van der Waals surface area contributed by atoms with Gasteiger partial charge in [0.25, 0.3) is 0 Å². The van der Waals surface area contributed by atoms with Crippen molar-refractivity contribution < 1.29 is 9.53 Å². The molecule has 0 unspecified atom stereocenters. The molecule has 31 heavy (non-hydrogen) atoms. The van der Waals surface area contributed by atoms with Crippen LogP contribution in [0.3, 0.4) is 0 Å². The zero-order valence-corrected chi connectivity index (χ0v) is 18.2. The van der Waals surface area contributed by atoms with Crippen molar-refractivity contribution in [1.82, 2.24) is 10.2 Å². The summed E-state index contributed by atoms with van der Waals surface area (Å²) in [6.07, 6.45) is 4.04. The summed E-state index contributed by atoms with van der Waals surface area (Å²) in [7, 11) is 0. The summed E-state index contributed by atoms with van der Waals surface area (Å²) >= 11 is 0. The van der Waals surface area contributed by atoms with Gasteiger partial charge in [0.1, 0.15) is 12.4 Å². The molecule has 0 radical (unpaired) electrons. The number of carbonyl (C=O) groups is 1. The lowest BCUT2D eigenvalue weighted by atomic mass is 10.0. The van der Waals surface area contributed by atoms with Crippen LogP contribution in [0.1, 0.15) is 37.2 Å². The van der Waals surface area contributed by atoms with E-state index in [-0.39, 0.29) is 5.91 Å². The fraction of sp³-hybridized carbons (Fsp3) is 0.500. The summed E-state index contributed by atoms with van der Waals surface area (Å²) in [5.74, 6) is 2.59. The standard InChI is InChI=1S/C26H33N3O2/c30-26-8-4-5-13-29(26)22-9-11-23(12-10-22)31-15-14-28-18-20(19-28)17-27-25-16-24(25)21-6-2-1-3-7-21/h1-3,6-7,9-12,20,24-25,27H,4-5,8,13-19H2/t24-,25+/m0/s1. The van der Waals surface area contributed by atoms with Gasteiger partial charge in [-0.3, -0.25) is 9.69 Å². The number of hydrogen-bond acceptors (Lipinski definition) is 4. The van der Waals surface area contributed by atoms with Crippen molar-refractivity contribution in [2.45, 2.75) is 37.6 Å². The van der Waals surface area contributed by atoms with Crippen molar-refractivity contribution in [2.24, 2.45) is 5.92 Å². The average molecular weight is 420 g/mol. The van der Waals surface area contributed by atoms with Crippen LogP contribution in [0.5, 0.6) is 5.75 Å².